The van der Waals surface area contributed by atoms with Gasteiger partial charge in [0.2, 0.25) is 0 Å². The lowest BCUT2D eigenvalue weighted by Gasteiger charge is -2.32. The molecular formula is C8H18NO4P. The lowest BCUT2D eigenvalue weighted by molar-refractivity contribution is 0.134. The number of phosphoric acid groups is 1. The second-order valence-electron chi connectivity index (χ2n) is 4.09. The van der Waals surface area contributed by atoms with Crippen molar-refractivity contribution in [3.63, 3.8) is 0 Å². The van der Waals surface area contributed by atoms with Gasteiger partial charge >= 0.3 is 7.82 Å². The van der Waals surface area contributed by atoms with E-state index in [4.69, 9.17) is 9.79 Å². The summed E-state index contributed by atoms with van der Waals surface area (Å²) in [5.74, 6) is 0.244. The zero-order chi connectivity index (χ0) is 10.8. The second-order valence-corrected chi connectivity index (χ2v) is 5.33. The summed E-state index contributed by atoms with van der Waals surface area (Å²) in [5.41, 5.74) is 0. The Morgan fingerprint density at radius 1 is 1.36 bits per heavy atom. The van der Waals surface area contributed by atoms with Gasteiger partial charge in [-0.1, -0.05) is 0 Å². The first-order valence-corrected chi connectivity index (χ1v) is 6.36. The molecule has 6 heteroatoms. The number of hydrogen-bond acceptors (Lipinski definition) is 3. The maximum Gasteiger partial charge on any atom is 0.469 e. The fourth-order valence-electron chi connectivity index (χ4n) is 2.06. The highest BCUT2D eigenvalue weighted by Gasteiger charge is 2.25. The zero-order valence-electron chi connectivity index (χ0n) is 8.51. The maximum atomic E-state index is 10.5. The largest absolute Gasteiger partial charge is 0.469 e. The molecule has 1 fully saturated rings. The Morgan fingerprint density at radius 2 is 1.86 bits per heavy atom. The quantitative estimate of drug-likeness (QED) is 0.619. The van der Waals surface area contributed by atoms with Gasteiger partial charge in [0.15, 0.2) is 0 Å². The van der Waals surface area contributed by atoms with Gasteiger partial charge in [-0.05, 0) is 32.6 Å². The van der Waals surface area contributed by atoms with Crippen LogP contribution in [0.5, 0.6) is 0 Å². The smallest absolute Gasteiger partial charge is 0.312 e. The molecule has 1 saturated heterocycles. The van der Waals surface area contributed by atoms with Gasteiger partial charge in [-0.15, -0.1) is 0 Å². The Balaban J connectivity index is 2.34. The third kappa shape index (κ3) is 4.53. The Hall–Kier alpha value is 0.0700. The minimum atomic E-state index is -4.29. The molecule has 0 aromatic carbocycles. The first-order valence-electron chi connectivity index (χ1n) is 4.83. The Labute approximate surface area is 84.1 Å². The van der Waals surface area contributed by atoms with Crippen molar-refractivity contribution in [3.8, 4) is 0 Å². The molecule has 14 heavy (non-hydrogen) atoms. The highest BCUT2D eigenvalue weighted by atomic mass is 31.2. The van der Waals surface area contributed by atoms with Gasteiger partial charge in [0.05, 0.1) is 6.61 Å². The molecule has 84 valence electrons. The van der Waals surface area contributed by atoms with Crippen LogP contribution in [0.15, 0.2) is 0 Å². The van der Waals surface area contributed by atoms with Crippen molar-refractivity contribution >= 4 is 7.82 Å². The summed E-state index contributed by atoms with van der Waals surface area (Å²) in [6.45, 7) is 4.29. The minimum absolute atomic E-state index is 0.153. The van der Waals surface area contributed by atoms with E-state index in [2.05, 4.69) is 23.7 Å². The van der Waals surface area contributed by atoms with E-state index in [1.54, 1.807) is 0 Å². The van der Waals surface area contributed by atoms with Crippen LogP contribution in [0.4, 0.5) is 0 Å². The van der Waals surface area contributed by atoms with Crippen molar-refractivity contribution in [1.82, 2.24) is 5.32 Å². The summed E-state index contributed by atoms with van der Waals surface area (Å²) in [7, 11) is -4.29. The maximum absolute atomic E-state index is 10.5. The van der Waals surface area contributed by atoms with Gasteiger partial charge in [-0.25, -0.2) is 4.57 Å². The molecule has 2 unspecified atom stereocenters. The van der Waals surface area contributed by atoms with Crippen molar-refractivity contribution in [3.05, 3.63) is 0 Å². The average molecular weight is 223 g/mol. The van der Waals surface area contributed by atoms with E-state index in [0.717, 1.165) is 12.8 Å². The van der Waals surface area contributed by atoms with Crippen LogP contribution < -0.4 is 5.32 Å². The Bertz CT molecular complexity index is 219. The lowest BCUT2D eigenvalue weighted by Crippen LogP contribution is -2.43. The van der Waals surface area contributed by atoms with Crippen LogP contribution in [0.2, 0.25) is 0 Å². The second kappa shape index (κ2) is 4.73. The zero-order valence-corrected chi connectivity index (χ0v) is 9.41. The number of phosphoric ester groups is 1. The molecule has 0 amide bonds. The van der Waals surface area contributed by atoms with Gasteiger partial charge in [-0.2, -0.15) is 0 Å². The first-order chi connectivity index (χ1) is 6.37. The van der Waals surface area contributed by atoms with Crippen LogP contribution >= 0.6 is 7.82 Å². The number of nitrogens with one attached hydrogen (secondary N) is 1. The van der Waals surface area contributed by atoms with Crippen LogP contribution in [0, 0.1) is 5.92 Å². The fourth-order valence-corrected chi connectivity index (χ4v) is 2.46. The van der Waals surface area contributed by atoms with Gasteiger partial charge in [0.25, 0.3) is 0 Å². The summed E-state index contributed by atoms with van der Waals surface area (Å²) < 4.78 is 15.0. The normalized spacial score (nSPS) is 34.4. The van der Waals surface area contributed by atoms with Crippen LogP contribution in [0.25, 0.3) is 0 Å². The Kier molecular flexibility index (Phi) is 4.10. The third-order valence-electron chi connectivity index (χ3n) is 2.42. The van der Waals surface area contributed by atoms with Gasteiger partial charge in [0.1, 0.15) is 0 Å². The SMILES string of the molecule is CC1CC(COP(=O)(O)O)CC(C)N1. The highest BCUT2D eigenvalue weighted by Crippen LogP contribution is 2.37. The number of rotatable bonds is 3. The van der Waals surface area contributed by atoms with Crippen molar-refractivity contribution in [1.29, 1.82) is 0 Å². The van der Waals surface area contributed by atoms with Crippen molar-refractivity contribution in [2.24, 2.45) is 5.92 Å². The number of hydrogen-bond donors (Lipinski definition) is 3. The van der Waals surface area contributed by atoms with E-state index in [1.807, 2.05) is 0 Å². The summed E-state index contributed by atoms with van der Waals surface area (Å²) >= 11 is 0. The van der Waals surface area contributed by atoms with Gasteiger partial charge < -0.3 is 15.1 Å². The molecule has 1 rings (SSSR count). The van der Waals surface area contributed by atoms with Gasteiger partial charge in [0, 0.05) is 12.1 Å². The molecule has 1 aliphatic rings. The molecular weight excluding hydrogens is 205 g/mol. The minimum Gasteiger partial charge on any atom is -0.312 e. The van der Waals surface area contributed by atoms with Crippen molar-refractivity contribution in [2.45, 2.75) is 38.8 Å². The summed E-state index contributed by atoms with van der Waals surface area (Å²) in [4.78, 5) is 17.1. The molecule has 1 aliphatic heterocycles. The van der Waals surface area contributed by atoms with Crippen LogP contribution in [-0.2, 0) is 9.09 Å². The van der Waals surface area contributed by atoms with E-state index >= 15 is 0 Å². The molecule has 0 radical (unpaired) electrons. The van der Waals surface area contributed by atoms with Crippen molar-refractivity contribution < 1.29 is 18.9 Å². The van der Waals surface area contributed by atoms with Crippen molar-refractivity contribution in [2.75, 3.05) is 6.61 Å². The van der Waals surface area contributed by atoms with E-state index in [9.17, 15) is 4.57 Å². The van der Waals surface area contributed by atoms with Crippen LogP contribution in [0.3, 0.4) is 0 Å². The van der Waals surface area contributed by atoms with Crippen LogP contribution in [-0.4, -0.2) is 28.5 Å². The molecule has 0 aromatic heterocycles. The predicted octanol–water partition coefficient (Wildman–Crippen LogP) is 0.872. The molecule has 2 atom stereocenters. The van der Waals surface area contributed by atoms with E-state index < -0.39 is 7.82 Å². The highest BCUT2D eigenvalue weighted by molar-refractivity contribution is 7.46. The lowest BCUT2D eigenvalue weighted by atomic mass is 9.90. The molecule has 0 saturated carbocycles. The molecule has 0 aliphatic carbocycles. The summed E-state index contributed by atoms with van der Waals surface area (Å²) in [6, 6.07) is 0.785. The first kappa shape index (κ1) is 12.1. The molecule has 3 N–H and O–H groups in total. The Morgan fingerprint density at radius 3 is 2.29 bits per heavy atom. The molecule has 0 aromatic rings. The van der Waals surface area contributed by atoms with E-state index in [-0.39, 0.29) is 12.5 Å². The third-order valence-corrected chi connectivity index (χ3v) is 2.91. The van der Waals surface area contributed by atoms with Crippen LogP contribution in [0.1, 0.15) is 26.7 Å². The fraction of sp³-hybridized carbons (Fsp3) is 1.00. The average Bonchev–Trinajstić information content (AvgIpc) is 1.97. The van der Waals surface area contributed by atoms with Gasteiger partial charge in [-0.3, -0.25) is 4.52 Å². The number of piperidine rings is 1. The summed E-state index contributed by atoms with van der Waals surface area (Å²) in [5, 5.41) is 3.36. The molecule has 0 spiro atoms. The monoisotopic (exact) mass is 223 g/mol. The summed E-state index contributed by atoms with van der Waals surface area (Å²) in [6.07, 6.45) is 1.81. The van der Waals surface area contributed by atoms with E-state index in [1.165, 1.54) is 0 Å². The molecule has 1 heterocycles. The molecule has 0 bridgehead atoms. The standard InChI is InChI=1S/C8H18NO4P/c1-6-3-8(4-7(2)9-6)5-13-14(10,11)12/h6-9H,3-5H2,1-2H3,(H2,10,11,12). The molecule has 5 nitrogen and oxygen atoms in total. The predicted molar refractivity (Wildman–Crippen MR) is 52.8 cm³/mol. The van der Waals surface area contributed by atoms with E-state index in [0.29, 0.717) is 12.1 Å². The topological polar surface area (TPSA) is 78.8 Å².